The lowest BCUT2D eigenvalue weighted by atomic mass is 10.1. The molecule has 0 saturated heterocycles. The number of hydrogen-bond acceptors (Lipinski definition) is 4. The van der Waals surface area contributed by atoms with E-state index >= 15 is 0 Å². The minimum atomic E-state index is -1.35. The molecule has 0 aliphatic carbocycles. The summed E-state index contributed by atoms with van der Waals surface area (Å²) in [6.07, 6.45) is 1.60. The first kappa shape index (κ1) is 13.4. The second-order valence-electron chi connectivity index (χ2n) is 3.91. The lowest BCUT2D eigenvalue weighted by Crippen LogP contribution is -2.04. The van der Waals surface area contributed by atoms with E-state index in [1.807, 2.05) is 6.92 Å². The molecule has 0 bridgehead atoms. The molecule has 0 fully saturated rings. The molecule has 1 atom stereocenters. The first-order valence-electron chi connectivity index (χ1n) is 5.65. The van der Waals surface area contributed by atoms with Gasteiger partial charge in [-0.3, -0.25) is 0 Å². The Balaban J connectivity index is 2.37. The molecule has 5 heteroatoms. The van der Waals surface area contributed by atoms with Gasteiger partial charge in [0.05, 0.1) is 12.7 Å². The Bertz CT molecular complexity index is 626. The summed E-state index contributed by atoms with van der Waals surface area (Å²) in [4.78, 5) is 16.1. The largest absolute Gasteiger partial charge is 0.465 e. The molecule has 0 amide bonds. The maximum absolute atomic E-state index is 12.4. The van der Waals surface area contributed by atoms with Gasteiger partial charge in [-0.2, -0.15) is 0 Å². The van der Waals surface area contributed by atoms with Crippen molar-refractivity contribution in [2.45, 2.75) is 16.8 Å². The molecule has 1 aromatic heterocycles. The van der Waals surface area contributed by atoms with Crippen molar-refractivity contribution >= 4 is 16.8 Å². The highest BCUT2D eigenvalue weighted by Gasteiger charge is 2.13. The number of rotatable bonds is 3. The summed E-state index contributed by atoms with van der Waals surface area (Å²) in [6, 6.07) is 10.2. The van der Waals surface area contributed by atoms with Gasteiger partial charge < -0.3 is 4.74 Å². The van der Waals surface area contributed by atoms with E-state index in [0.29, 0.717) is 15.5 Å². The Kier molecular flexibility index (Phi) is 4.06. The number of hydrogen-bond donors (Lipinski definition) is 0. The topological polar surface area (TPSA) is 56.3 Å². The fraction of sp³-hybridized carbons (Fsp3) is 0.143. The van der Waals surface area contributed by atoms with Crippen molar-refractivity contribution in [3.05, 3.63) is 53.7 Å². The third kappa shape index (κ3) is 2.88. The number of carbonyl (C=O) groups is 1. The predicted octanol–water partition coefficient (Wildman–Crippen LogP) is 2.34. The van der Waals surface area contributed by atoms with E-state index in [-0.39, 0.29) is 0 Å². The summed E-state index contributed by atoms with van der Waals surface area (Å²) in [5, 5.41) is 0.497. The van der Waals surface area contributed by atoms with Gasteiger partial charge in [0.25, 0.3) is 0 Å². The molecule has 98 valence electrons. The number of esters is 1. The quantitative estimate of drug-likeness (QED) is 0.807. The van der Waals surface area contributed by atoms with Gasteiger partial charge in [-0.1, -0.05) is 6.07 Å². The van der Waals surface area contributed by atoms with E-state index < -0.39 is 16.8 Å². The molecule has 4 nitrogen and oxygen atoms in total. The second-order valence-corrected chi connectivity index (χ2v) is 5.30. The van der Waals surface area contributed by atoms with Gasteiger partial charge in [0.1, 0.15) is 15.8 Å². The molecular weight excluding hydrogens is 262 g/mol. The number of carbonyl (C=O) groups excluding carboxylic acids is 1. The van der Waals surface area contributed by atoms with Crippen LogP contribution in [0, 0.1) is 6.92 Å². The Labute approximate surface area is 113 Å². The third-order valence-electron chi connectivity index (χ3n) is 2.62. The van der Waals surface area contributed by atoms with Crippen molar-refractivity contribution in [2.75, 3.05) is 7.11 Å². The number of pyridine rings is 1. The summed E-state index contributed by atoms with van der Waals surface area (Å²) in [6.45, 7) is 1.81. The molecule has 0 saturated carbocycles. The smallest absolute Gasteiger partial charge is 0.337 e. The fourth-order valence-corrected chi connectivity index (χ4v) is 2.80. The maximum Gasteiger partial charge on any atom is 0.337 e. The fourth-order valence-electron chi connectivity index (χ4n) is 1.67. The Morgan fingerprint density at radius 1 is 1.26 bits per heavy atom. The highest BCUT2D eigenvalue weighted by Crippen LogP contribution is 2.20. The predicted molar refractivity (Wildman–Crippen MR) is 71.4 cm³/mol. The van der Waals surface area contributed by atoms with E-state index in [1.165, 1.54) is 7.11 Å². The van der Waals surface area contributed by atoms with Crippen LogP contribution in [0.25, 0.3) is 0 Å². The summed E-state index contributed by atoms with van der Waals surface area (Å²) in [5.74, 6) is -0.404. The molecule has 1 aromatic carbocycles. The lowest BCUT2D eigenvalue weighted by Gasteiger charge is -2.07. The molecule has 2 aromatic rings. The van der Waals surface area contributed by atoms with Crippen LogP contribution >= 0.6 is 0 Å². The SMILES string of the molecule is COC(=O)c1ccc(S(=O)c2ccccn2)c(C)c1. The molecule has 0 aliphatic rings. The minimum absolute atomic E-state index is 0.404. The number of ether oxygens (including phenoxy) is 1. The molecule has 1 unspecified atom stereocenters. The van der Waals surface area contributed by atoms with Crippen molar-refractivity contribution in [1.29, 1.82) is 0 Å². The molecule has 2 rings (SSSR count). The van der Waals surface area contributed by atoms with E-state index in [1.54, 1.807) is 42.6 Å². The van der Waals surface area contributed by atoms with E-state index in [9.17, 15) is 9.00 Å². The van der Waals surface area contributed by atoms with Gasteiger partial charge in [-0.05, 0) is 42.8 Å². The van der Waals surface area contributed by atoms with Crippen LogP contribution in [0.4, 0.5) is 0 Å². The van der Waals surface area contributed by atoms with Gasteiger partial charge in [0.2, 0.25) is 0 Å². The Hall–Kier alpha value is -2.01. The van der Waals surface area contributed by atoms with Gasteiger partial charge >= 0.3 is 5.97 Å². The van der Waals surface area contributed by atoms with Gasteiger partial charge in [0, 0.05) is 11.1 Å². The monoisotopic (exact) mass is 275 g/mol. The van der Waals surface area contributed by atoms with Crippen molar-refractivity contribution < 1.29 is 13.7 Å². The third-order valence-corrected chi connectivity index (χ3v) is 4.10. The minimum Gasteiger partial charge on any atom is -0.465 e. The normalized spacial score (nSPS) is 11.9. The number of aryl methyl sites for hydroxylation is 1. The van der Waals surface area contributed by atoms with Crippen LogP contribution in [0.2, 0.25) is 0 Å². The lowest BCUT2D eigenvalue weighted by molar-refractivity contribution is 0.0600. The summed E-state index contributed by atoms with van der Waals surface area (Å²) < 4.78 is 17.0. The van der Waals surface area contributed by atoms with Crippen LogP contribution in [0.1, 0.15) is 15.9 Å². The molecule has 1 heterocycles. The zero-order valence-electron chi connectivity index (χ0n) is 10.6. The van der Waals surface area contributed by atoms with Crippen molar-refractivity contribution in [3.8, 4) is 0 Å². The molecular formula is C14H13NO3S. The molecule has 19 heavy (non-hydrogen) atoms. The average molecular weight is 275 g/mol. The van der Waals surface area contributed by atoms with Crippen molar-refractivity contribution in [2.24, 2.45) is 0 Å². The van der Waals surface area contributed by atoms with Crippen molar-refractivity contribution in [1.82, 2.24) is 4.98 Å². The standard InChI is InChI=1S/C14H13NO3S/c1-10-9-11(14(16)18-2)6-7-12(10)19(17)13-5-3-4-8-15-13/h3-9H,1-2H3. The summed E-state index contributed by atoms with van der Waals surface area (Å²) in [7, 11) is -0.0141. The first-order valence-corrected chi connectivity index (χ1v) is 6.80. The van der Waals surface area contributed by atoms with Gasteiger partial charge in [-0.25, -0.2) is 14.0 Å². The summed E-state index contributed by atoms with van der Waals surface area (Å²) >= 11 is 0. The molecule has 0 spiro atoms. The van der Waals surface area contributed by atoms with Crippen LogP contribution in [0.5, 0.6) is 0 Å². The van der Waals surface area contributed by atoms with E-state index in [4.69, 9.17) is 0 Å². The van der Waals surface area contributed by atoms with Crippen LogP contribution in [0.3, 0.4) is 0 Å². The Morgan fingerprint density at radius 3 is 2.63 bits per heavy atom. The maximum atomic E-state index is 12.4. The zero-order valence-corrected chi connectivity index (χ0v) is 11.4. The zero-order chi connectivity index (χ0) is 13.8. The number of methoxy groups -OCH3 is 1. The van der Waals surface area contributed by atoms with Crippen LogP contribution in [-0.4, -0.2) is 22.3 Å². The highest BCUT2D eigenvalue weighted by atomic mass is 32.2. The van der Waals surface area contributed by atoms with E-state index in [0.717, 1.165) is 5.56 Å². The molecule has 0 aliphatic heterocycles. The first-order chi connectivity index (χ1) is 9.13. The number of nitrogens with zero attached hydrogens (tertiary/aromatic N) is 1. The van der Waals surface area contributed by atoms with Crippen LogP contribution in [0.15, 0.2) is 52.5 Å². The molecule has 0 radical (unpaired) electrons. The Morgan fingerprint density at radius 2 is 2.05 bits per heavy atom. The van der Waals surface area contributed by atoms with Crippen LogP contribution in [-0.2, 0) is 15.5 Å². The number of aromatic nitrogens is 1. The van der Waals surface area contributed by atoms with E-state index in [2.05, 4.69) is 9.72 Å². The second kappa shape index (κ2) is 5.75. The van der Waals surface area contributed by atoms with Gasteiger partial charge in [0.15, 0.2) is 0 Å². The number of benzene rings is 1. The highest BCUT2D eigenvalue weighted by molar-refractivity contribution is 7.85. The molecule has 0 N–H and O–H groups in total. The average Bonchev–Trinajstić information content (AvgIpc) is 2.46. The van der Waals surface area contributed by atoms with Crippen molar-refractivity contribution in [3.63, 3.8) is 0 Å². The van der Waals surface area contributed by atoms with Crippen LogP contribution < -0.4 is 0 Å². The summed E-state index contributed by atoms with van der Waals surface area (Å²) in [5.41, 5.74) is 1.22. The van der Waals surface area contributed by atoms with Gasteiger partial charge in [-0.15, -0.1) is 0 Å².